The fourth-order valence-electron chi connectivity index (χ4n) is 1.60. The first-order valence-electron chi connectivity index (χ1n) is 5.88. The van der Waals surface area contributed by atoms with Gasteiger partial charge in [-0.05, 0) is 52.7 Å². The van der Waals surface area contributed by atoms with Crippen LogP contribution < -0.4 is 10.1 Å². The van der Waals surface area contributed by atoms with Crippen LogP contribution in [-0.4, -0.2) is 13.2 Å². The van der Waals surface area contributed by atoms with Crippen molar-refractivity contribution in [2.24, 2.45) is 0 Å². The highest BCUT2D eigenvalue weighted by molar-refractivity contribution is 9.10. The van der Waals surface area contributed by atoms with E-state index in [-0.39, 0.29) is 0 Å². The highest BCUT2D eigenvalue weighted by Gasteiger charge is 1.98. The van der Waals surface area contributed by atoms with Gasteiger partial charge in [-0.2, -0.15) is 0 Å². The lowest BCUT2D eigenvalue weighted by atomic mass is 10.2. The van der Waals surface area contributed by atoms with Gasteiger partial charge >= 0.3 is 0 Å². The molecule has 2 rings (SSSR count). The standard InChI is InChI=1S/C14H16BrNO2/c1-11-3-2-4-12(9-11)17-8-7-16-10-13-5-6-14(15)18-13/h2-6,9,16H,7-8,10H2,1H3. The Balaban J connectivity index is 1.64. The van der Waals surface area contributed by atoms with Gasteiger partial charge in [0, 0.05) is 6.54 Å². The molecule has 0 unspecified atom stereocenters. The van der Waals surface area contributed by atoms with Crippen molar-refractivity contribution in [2.45, 2.75) is 13.5 Å². The van der Waals surface area contributed by atoms with Crippen molar-refractivity contribution in [2.75, 3.05) is 13.2 Å². The molecule has 0 saturated carbocycles. The maximum atomic E-state index is 5.63. The summed E-state index contributed by atoms with van der Waals surface area (Å²) in [5.41, 5.74) is 1.21. The van der Waals surface area contributed by atoms with Crippen LogP contribution in [0.25, 0.3) is 0 Å². The smallest absolute Gasteiger partial charge is 0.169 e. The number of nitrogens with one attached hydrogen (secondary N) is 1. The summed E-state index contributed by atoms with van der Waals surface area (Å²) in [6, 6.07) is 11.9. The summed E-state index contributed by atoms with van der Waals surface area (Å²) in [5.74, 6) is 1.83. The molecule has 1 heterocycles. The van der Waals surface area contributed by atoms with Gasteiger partial charge in [0.2, 0.25) is 0 Å². The van der Waals surface area contributed by atoms with Crippen LogP contribution in [0.5, 0.6) is 5.75 Å². The largest absolute Gasteiger partial charge is 0.492 e. The number of ether oxygens (including phenoxy) is 1. The van der Waals surface area contributed by atoms with Crippen LogP contribution in [0.3, 0.4) is 0 Å². The van der Waals surface area contributed by atoms with E-state index in [9.17, 15) is 0 Å². The Hall–Kier alpha value is -1.26. The van der Waals surface area contributed by atoms with Gasteiger partial charge in [-0.15, -0.1) is 0 Å². The first-order chi connectivity index (χ1) is 8.74. The number of aryl methyl sites for hydroxylation is 1. The topological polar surface area (TPSA) is 34.4 Å². The van der Waals surface area contributed by atoms with E-state index < -0.39 is 0 Å². The molecule has 0 bridgehead atoms. The molecular weight excluding hydrogens is 294 g/mol. The molecular formula is C14H16BrNO2. The summed E-state index contributed by atoms with van der Waals surface area (Å²) in [6.07, 6.45) is 0. The molecule has 0 aliphatic rings. The van der Waals surface area contributed by atoms with Gasteiger partial charge in [-0.3, -0.25) is 0 Å². The van der Waals surface area contributed by atoms with Crippen LogP contribution in [0.2, 0.25) is 0 Å². The van der Waals surface area contributed by atoms with E-state index in [4.69, 9.17) is 9.15 Å². The maximum absolute atomic E-state index is 5.63. The zero-order valence-electron chi connectivity index (χ0n) is 10.3. The average Bonchev–Trinajstić information content (AvgIpc) is 2.75. The Morgan fingerprint density at radius 3 is 2.89 bits per heavy atom. The van der Waals surface area contributed by atoms with Gasteiger partial charge < -0.3 is 14.5 Å². The molecule has 0 radical (unpaired) electrons. The fourth-order valence-corrected chi connectivity index (χ4v) is 1.94. The van der Waals surface area contributed by atoms with Gasteiger partial charge in [-0.25, -0.2) is 0 Å². The van der Waals surface area contributed by atoms with Crippen molar-refractivity contribution in [1.82, 2.24) is 5.32 Å². The number of furan rings is 1. The van der Waals surface area contributed by atoms with Crippen molar-refractivity contribution in [1.29, 1.82) is 0 Å². The molecule has 0 atom stereocenters. The molecule has 1 aromatic carbocycles. The van der Waals surface area contributed by atoms with Crippen LogP contribution in [0, 0.1) is 6.92 Å². The highest BCUT2D eigenvalue weighted by Crippen LogP contribution is 2.14. The minimum absolute atomic E-state index is 0.644. The molecule has 0 aliphatic carbocycles. The lowest BCUT2D eigenvalue weighted by molar-refractivity contribution is 0.310. The minimum Gasteiger partial charge on any atom is -0.492 e. The van der Waals surface area contributed by atoms with Crippen molar-refractivity contribution >= 4 is 15.9 Å². The predicted molar refractivity (Wildman–Crippen MR) is 74.8 cm³/mol. The molecule has 1 N–H and O–H groups in total. The molecule has 4 heteroatoms. The number of rotatable bonds is 6. The monoisotopic (exact) mass is 309 g/mol. The second-order valence-electron chi connectivity index (χ2n) is 4.05. The Morgan fingerprint density at radius 2 is 2.17 bits per heavy atom. The Bertz CT molecular complexity index is 496. The molecule has 0 fully saturated rings. The molecule has 2 aromatic rings. The van der Waals surface area contributed by atoms with Crippen LogP contribution >= 0.6 is 15.9 Å². The van der Waals surface area contributed by atoms with E-state index in [1.165, 1.54) is 5.56 Å². The van der Waals surface area contributed by atoms with Gasteiger partial charge in [0.1, 0.15) is 18.1 Å². The van der Waals surface area contributed by atoms with Gasteiger partial charge in [0.25, 0.3) is 0 Å². The van der Waals surface area contributed by atoms with Crippen LogP contribution in [0.4, 0.5) is 0 Å². The van der Waals surface area contributed by atoms with E-state index in [0.717, 1.165) is 22.7 Å². The van der Waals surface area contributed by atoms with Crippen molar-refractivity contribution in [3.05, 3.63) is 52.4 Å². The minimum atomic E-state index is 0.644. The summed E-state index contributed by atoms with van der Waals surface area (Å²) >= 11 is 3.27. The summed E-state index contributed by atoms with van der Waals surface area (Å²) in [4.78, 5) is 0. The fraction of sp³-hybridized carbons (Fsp3) is 0.286. The Morgan fingerprint density at radius 1 is 1.28 bits per heavy atom. The Labute approximate surface area is 115 Å². The van der Waals surface area contributed by atoms with Gasteiger partial charge in [0.15, 0.2) is 4.67 Å². The molecule has 0 amide bonds. The maximum Gasteiger partial charge on any atom is 0.169 e. The molecule has 0 saturated heterocycles. The molecule has 1 aromatic heterocycles. The van der Waals surface area contributed by atoms with Crippen molar-refractivity contribution in [3.63, 3.8) is 0 Å². The zero-order valence-corrected chi connectivity index (χ0v) is 11.9. The summed E-state index contributed by atoms with van der Waals surface area (Å²) in [7, 11) is 0. The van der Waals surface area contributed by atoms with Crippen LogP contribution in [0.1, 0.15) is 11.3 Å². The van der Waals surface area contributed by atoms with E-state index in [1.807, 2.05) is 30.3 Å². The van der Waals surface area contributed by atoms with Gasteiger partial charge in [-0.1, -0.05) is 12.1 Å². The quantitative estimate of drug-likeness (QED) is 0.829. The van der Waals surface area contributed by atoms with E-state index >= 15 is 0 Å². The zero-order chi connectivity index (χ0) is 12.8. The third-order valence-electron chi connectivity index (χ3n) is 2.47. The highest BCUT2D eigenvalue weighted by atomic mass is 79.9. The van der Waals surface area contributed by atoms with Crippen LogP contribution in [-0.2, 0) is 6.54 Å². The second kappa shape index (κ2) is 6.61. The number of hydrogen-bond donors (Lipinski definition) is 1. The normalized spacial score (nSPS) is 10.6. The Kier molecular flexibility index (Phi) is 4.84. The molecule has 18 heavy (non-hydrogen) atoms. The molecule has 3 nitrogen and oxygen atoms in total. The first kappa shape index (κ1) is 13.2. The summed E-state index contributed by atoms with van der Waals surface area (Å²) in [6.45, 7) is 4.19. The molecule has 96 valence electrons. The van der Waals surface area contributed by atoms with Crippen molar-refractivity contribution < 1.29 is 9.15 Å². The first-order valence-corrected chi connectivity index (χ1v) is 6.68. The third kappa shape index (κ3) is 4.20. The van der Waals surface area contributed by atoms with E-state index in [1.54, 1.807) is 0 Å². The number of benzene rings is 1. The van der Waals surface area contributed by atoms with Gasteiger partial charge in [0.05, 0.1) is 6.54 Å². The van der Waals surface area contributed by atoms with Crippen LogP contribution in [0.15, 0.2) is 45.5 Å². The number of hydrogen-bond acceptors (Lipinski definition) is 3. The molecule has 0 aliphatic heterocycles. The third-order valence-corrected chi connectivity index (χ3v) is 2.89. The second-order valence-corrected chi connectivity index (χ2v) is 4.83. The SMILES string of the molecule is Cc1cccc(OCCNCc2ccc(Br)o2)c1. The molecule has 0 spiro atoms. The summed E-state index contributed by atoms with van der Waals surface area (Å²) < 4.78 is 11.8. The summed E-state index contributed by atoms with van der Waals surface area (Å²) in [5, 5.41) is 3.26. The average molecular weight is 310 g/mol. The van der Waals surface area contributed by atoms with Crippen molar-refractivity contribution in [3.8, 4) is 5.75 Å². The number of halogens is 1. The van der Waals surface area contributed by atoms with E-state index in [2.05, 4.69) is 34.2 Å². The predicted octanol–water partition coefficient (Wildman–Crippen LogP) is 3.52. The van der Waals surface area contributed by atoms with E-state index in [0.29, 0.717) is 13.2 Å². The lowest BCUT2D eigenvalue weighted by Gasteiger charge is -2.07. The lowest BCUT2D eigenvalue weighted by Crippen LogP contribution is -2.20.